The normalized spacial score (nSPS) is 10.4. The maximum atomic E-state index is 10.5. The molecule has 72 valence electrons. The number of aromatic nitrogens is 2. The number of carboxylic acid groups (broad SMARTS) is 1. The van der Waals surface area contributed by atoms with Crippen molar-refractivity contribution < 1.29 is 9.90 Å². The fourth-order valence-corrected chi connectivity index (χ4v) is 1.53. The number of rotatable bonds is 3. The van der Waals surface area contributed by atoms with E-state index in [1.54, 1.807) is 0 Å². The summed E-state index contributed by atoms with van der Waals surface area (Å²) in [5.41, 5.74) is 3.05. The second kappa shape index (κ2) is 3.60. The monoisotopic (exact) mass is 182 g/mol. The lowest BCUT2D eigenvalue weighted by Crippen LogP contribution is -2.11. The van der Waals surface area contributed by atoms with Gasteiger partial charge in [-0.25, -0.2) is 0 Å². The lowest BCUT2D eigenvalue weighted by atomic mass is 10.1. The number of hydrogen-bond acceptors (Lipinski definition) is 2. The Labute approximate surface area is 77.2 Å². The molecule has 1 rings (SSSR count). The van der Waals surface area contributed by atoms with Gasteiger partial charge < -0.3 is 5.11 Å². The van der Waals surface area contributed by atoms with Crippen LogP contribution in [0.15, 0.2) is 0 Å². The summed E-state index contributed by atoms with van der Waals surface area (Å²) in [4.78, 5) is 10.5. The molecule has 0 aliphatic heterocycles. The average molecular weight is 182 g/mol. The van der Waals surface area contributed by atoms with E-state index in [4.69, 9.17) is 5.11 Å². The van der Waals surface area contributed by atoms with Crippen molar-refractivity contribution in [2.75, 3.05) is 0 Å². The Kier molecular flexibility index (Phi) is 2.70. The van der Waals surface area contributed by atoms with Gasteiger partial charge in [0.1, 0.15) is 6.54 Å². The van der Waals surface area contributed by atoms with Gasteiger partial charge in [0, 0.05) is 5.69 Å². The molecule has 1 heterocycles. The smallest absolute Gasteiger partial charge is 0.325 e. The summed E-state index contributed by atoms with van der Waals surface area (Å²) in [5.74, 6) is -0.853. The van der Waals surface area contributed by atoms with E-state index in [2.05, 4.69) is 5.10 Å². The Balaban J connectivity index is 3.03. The van der Waals surface area contributed by atoms with Gasteiger partial charge >= 0.3 is 5.97 Å². The topological polar surface area (TPSA) is 55.1 Å². The van der Waals surface area contributed by atoms with Crippen molar-refractivity contribution in [2.24, 2.45) is 0 Å². The maximum Gasteiger partial charge on any atom is 0.325 e. The fourth-order valence-electron chi connectivity index (χ4n) is 1.53. The third-order valence-corrected chi connectivity index (χ3v) is 2.17. The largest absolute Gasteiger partial charge is 0.480 e. The first kappa shape index (κ1) is 9.77. The first-order valence-electron chi connectivity index (χ1n) is 4.31. The zero-order valence-corrected chi connectivity index (χ0v) is 8.16. The number of carbonyl (C=O) groups is 1. The van der Waals surface area contributed by atoms with Gasteiger partial charge in [0.15, 0.2) is 0 Å². The standard InChI is InChI=1S/C9H14N2O2/c1-4-8-6(2)10-11(7(8)3)5-9(12)13/h4-5H2,1-3H3,(H,12,13). The zero-order valence-electron chi connectivity index (χ0n) is 8.16. The predicted octanol–water partition coefficient (Wildman–Crippen LogP) is 1.15. The molecule has 0 fully saturated rings. The first-order valence-corrected chi connectivity index (χ1v) is 4.31. The van der Waals surface area contributed by atoms with Crippen LogP contribution < -0.4 is 0 Å². The Morgan fingerprint density at radius 1 is 1.54 bits per heavy atom. The lowest BCUT2D eigenvalue weighted by molar-refractivity contribution is -0.137. The van der Waals surface area contributed by atoms with Gasteiger partial charge in [-0.15, -0.1) is 0 Å². The predicted molar refractivity (Wildman–Crippen MR) is 48.7 cm³/mol. The molecule has 0 spiro atoms. The van der Waals surface area contributed by atoms with Crippen LogP contribution in [0.25, 0.3) is 0 Å². The third kappa shape index (κ3) is 1.88. The quantitative estimate of drug-likeness (QED) is 0.762. The molecule has 4 nitrogen and oxygen atoms in total. The molecule has 0 unspecified atom stereocenters. The summed E-state index contributed by atoms with van der Waals surface area (Å²) >= 11 is 0. The zero-order chi connectivity index (χ0) is 10.0. The highest BCUT2D eigenvalue weighted by Crippen LogP contribution is 2.12. The summed E-state index contributed by atoms with van der Waals surface area (Å²) in [6.07, 6.45) is 0.900. The van der Waals surface area contributed by atoms with Crippen LogP contribution in [0.1, 0.15) is 23.9 Å². The van der Waals surface area contributed by atoms with E-state index in [1.807, 2.05) is 20.8 Å². The van der Waals surface area contributed by atoms with Crippen LogP contribution in [0.4, 0.5) is 0 Å². The van der Waals surface area contributed by atoms with E-state index in [1.165, 1.54) is 4.68 Å². The number of aliphatic carboxylic acids is 1. The van der Waals surface area contributed by atoms with Gasteiger partial charge in [-0.1, -0.05) is 6.92 Å². The van der Waals surface area contributed by atoms with Gasteiger partial charge in [0.2, 0.25) is 0 Å². The van der Waals surface area contributed by atoms with Crippen LogP contribution >= 0.6 is 0 Å². The second-order valence-corrected chi connectivity index (χ2v) is 3.05. The molecule has 0 radical (unpaired) electrons. The number of carboxylic acids is 1. The van der Waals surface area contributed by atoms with E-state index in [0.717, 1.165) is 23.4 Å². The van der Waals surface area contributed by atoms with Crippen molar-refractivity contribution in [3.05, 3.63) is 17.0 Å². The molecule has 0 aromatic carbocycles. The van der Waals surface area contributed by atoms with Crippen molar-refractivity contribution in [2.45, 2.75) is 33.7 Å². The third-order valence-electron chi connectivity index (χ3n) is 2.17. The summed E-state index contributed by atoms with van der Waals surface area (Å²) in [6, 6.07) is 0. The Hall–Kier alpha value is -1.32. The number of nitrogens with zero attached hydrogens (tertiary/aromatic N) is 2. The van der Waals surface area contributed by atoms with Crippen molar-refractivity contribution in [3.63, 3.8) is 0 Å². The van der Waals surface area contributed by atoms with Crippen LogP contribution in [0.5, 0.6) is 0 Å². The molecule has 1 aromatic heterocycles. The van der Waals surface area contributed by atoms with E-state index < -0.39 is 5.97 Å². The molecule has 0 atom stereocenters. The van der Waals surface area contributed by atoms with Crippen molar-refractivity contribution in [1.29, 1.82) is 0 Å². The minimum Gasteiger partial charge on any atom is -0.480 e. The molecule has 1 aromatic rings. The summed E-state index contributed by atoms with van der Waals surface area (Å²) in [7, 11) is 0. The molecule has 0 amide bonds. The maximum absolute atomic E-state index is 10.5. The molecule has 4 heteroatoms. The van der Waals surface area contributed by atoms with Crippen LogP contribution in [0, 0.1) is 13.8 Å². The van der Waals surface area contributed by atoms with E-state index in [9.17, 15) is 4.79 Å². The van der Waals surface area contributed by atoms with Gasteiger partial charge in [-0.05, 0) is 25.8 Å². The lowest BCUT2D eigenvalue weighted by Gasteiger charge is -1.99. The Morgan fingerprint density at radius 3 is 2.54 bits per heavy atom. The van der Waals surface area contributed by atoms with E-state index >= 15 is 0 Å². The van der Waals surface area contributed by atoms with Crippen LogP contribution in [-0.2, 0) is 17.8 Å². The van der Waals surface area contributed by atoms with Crippen LogP contribution in [0.3, 0.4) is 0 Å². The molecule has 0 bridgehead atoms. The van der Waals surface area contributed by atoms with Crippen LogP contribution in [0.2, 0.25) is 0 Å². The molecular formula is C9H14N2O2. The average Bonchev–Trinajstić information content (AvgIpc) is 2.26. The minimum atomic E-state index is -0.853. The molecule has 1 N–H and O–H groups in total. The molecular weight excluding hydrogens is 168 g/mol. The highest BCUT2D eigenvalue weighted by molar-refractivity contribution is 5.66. The SMILES string of the molecule is CCc1c(C)nn(CC(=O)O)c1C. The number of aryl methyl sites for hydroxylation is 1. The molecule has 13 heavy (non-hydrogen) atoms. The highest BCUT2D eigenvalue weighted by Gasteiger charge is 2.10. The second-order valence-electron chi connectivity index (χ2n) is 3.05. The molecule has 0 aliphatic carbocycles. The Morgan fingerprint density at radius 2 is 2.15 bits per heavy atom. The van der Waals surface area contributed by atoms with Gasteiger partial charge in [-0.3, -0.25) is 9.48 Å². The molecule has 0 aliphatic rings. The fraction of sp³-hybridized carbons (Fsp3) is 0.556. The van der Waals surface area contributed by atoms with Gasteiger partial charge in [-0.2, -0.15) is 5.10 Å². The minimum absolute atomic E-state index is 0.0489. The van der Waals surface area contributed by atoms with Crippen molar-refractivity contribution in [1.82, 2.24) is 9.78 Å². The van der Waals surface area contributed by atoms with Crippen molar-refractivity contribution in [3.8, 4) is 0 Å². The van der Waals surface area contributed by atoms with Crippen molar-refractivity contribution >= 4 is 5.97 Å². The van der Waals surface area contributed by atoms with E-state index in [0.29, 0.717) is 0 Å². The summed E-state index contributed by atoms with van der Waals surface area (Å²) < 4.78 is 1.54. The summed E-state index contributed by atoms with van der Waals surface area (Å²) in [5, 5.41) is 12.8. The first-order chi connectivity index (χ1) is 6.06. The number of hydrogen-bond donors (Lipinski definition) is 1. The van der Waals surface area contributed by atoms with E-state index in [-0.39, 0.29) is 6.54 Å². The van der Waals surface area contributed by atoms with Crippen LogP contribution in [-0.4, -0.2) is 20.9 Å². The van der Waals surface area contributed by atoms with Gasteiger partial charge in [0.05, 0.1) is 5.69 Å². The molecule has 0 saturated heterocycles. The highest BCUT2D eigenvalue weighted by atomic mass is 16.4. The summed E-state index contributed by atoms with van der Waals surface area (Å²) in [6.45, 7) is 5.81. The van der Waals surface area contributed by atoms with Gasteiger partial charge in [0.25, 0.3) is 0 Å². The molecule has 0 saturated carbocycles. The Bertz CT molecular complexity index is 329.